The lowest BCUT2D eigenvalue weighted by atomic mass is 10.3. The van der Waals surface area contributed by atoms with Gasteiger partial charge in [0.05, 0.1) is 19.3 Å². The smallest absolute Gasteiger partial charge is 0.163 e. The molecular formula is C10H20O4. The Morgan fingerprint density at radius 2 is 2.29 bits per heavy atom. The van der Waals surface area contributed by atoms with Crippen molar-refractivity contribution in [2.24, 2.45) is 0 Å². The molecule has 1 aliphatic rings. The van der Waals surface area contributed by atoms with Gasteiger partial charge in [0, 0.05) is 6.61 Å². The first-order chi connectivity index (χ1) is 6.49. The van der Waals surface area contributed by atoms with E-state index >= 15 is 0 Å². The Bertz CT molecular complexity index is 168. The number of rotatable bonds is 5. The van der Waals surface area contributed by atoms with Crippen LogP contribution in [0.4, 0.5) is 0 Å². The molecule has 1 fully saturated rings. The molecule has 0 aromatic heterocycles. The molecule has 1 N–H and O–H groups in total. The minimum atomic E-state index is -0.474. The number of hydrogen-bond acceptors (Lipinski definition) is 4. The first-order valence-corrected chi connectivity index (χ1v) is 5.07. The predicted octanol–water partition coefficient (Wildman–Crippen LogP) is 0.925. The van der Waals surface area contributed by atoms with Gasteiger partial charge < -0.3 is 19.3 Å². The first kappa shape index (κ1) is 11.9. The standard InChI is InChI=1S/C10H20O4/c1-8(11)4-5-12-6-9-7-13-10(2,3)14-9/h8-9,11H,4-7H2,1-3H3/t8-,9?/m1/s1. The molecule has 0 radical (unpaired) electrons. The maximum Gasteiger partial charge on any atom is 0.163 e. The fourth-order valence-corrected chi connectivity index (χ4v) is 1.31. The van der Waals surface area contributed by atoms with E-state index in [1.807, 2.05) is 13.8 Å². The average molecular weight is 204 g/mol. The molecule has 0 bridgehead atoms. The highest BCUT2D eigenvalue weighted by atomic mass is 16.7. The van der Waals surface area contributed by atoms with E-state index in [0.29, 0.717) is 26.2 Å². The molecule has 84 valence electrons. The Morgan fingerprint density at radius 1 is 1.57 bits per heavy atom. The maximum atomic E-state index is 8.99. The van der Waals surface area contributed by atoms with Crippen LogP contribution in [0.15, 0.2) is 0 Å². The molecule has 1 heterocycles. The molecule has 0 amide bonds. The molecule has 1 aliphatic heterocycles. The molecule has 0 aromatic rings. The number of hydrogen-bond donors (Lipinski definition) is 1. The molecule has 14 heavy (non-hydrogen) atoms. The minimum Gasteiger partial charge on any atom is -0.393 e. The van der Waals surface area contributed by atoms with E-state index in [9.17, 15) is 0 Å². The van der Waals surface area contributed by atoms with Crippen LogP contribution in [0.2, 0.25) is 0 Å². The SMILES string of the molecule is C[C@@H](O)CCOCC1COC(C)(C)O1. The van der Waals surface area contributed by atoms with Gasteiger partial charge in [0.1, 0.15) is 6.10 Å². The topological polar surface area (TPSA) is 47.9 Å². The highest BCUT2D eigenvalue weighted by Gasteiger charge is 2.32. The van der Waals surface area contributed by atoms with Crippen molar-refractivity contribution in [3.63, 3.8) is 0 Å². The maximum absolute atomic E-state index is 8.99. The van der Waals surface area contributed by atoms with E-state index in [-0.39, 0.29) is 12.2 Å². The van der Waals surface area contributed by atoms with Crippen molar-refractivity contribution >= 4 is 0 Å². The third-order valence-corrected chi connectivity index (χ3v) is 2.05. The molecule has 4 nitrogen and oxygen atoms in total. The quantitative estimate of drug-likeness (QED) is 0.677. The van der Waals surface area contributed by atoms with Gasteiger partial charge in [-0.05, 0) is 27.2 Å². The van der Waals surface area contributed by atoms with Crippen molar-refractivity contribution in [2.75, 3.05) is 19.8 Å². The second-order valence-corrected chi connectivity index (χ2v) is 4.16. The lowest BCUT2D eigenvalue weighted by Crippen LogP contribution is -2.24. The largest absolute Gasteiger partial charge is 0.393 e. The number of ether oxygens (including phenoxy) is 3. The normalized spacial score (nSPS) is 27.9. The van der Waals surface area contributed by atoms with Crippen molar-refractivity contribution in [1.82, 2.24) is 0 Å². The Balaban J connectivity index is 2.03. The van der Waals surface area contributed by atoms with Crippen molar-refractivity contribution in [3.05, 3.63) is 0 Å². The van der Waals surface area contributed by atoms with Gasteiger partial charge in [0.15, 0.2) is 5.79 Å². The summed E-state index contributed by atoms with van der Waals surface area (Å²) >= 11 is 0. The summed E-state index contributed by atoms with van der Waals surface area (Å²) in [5, 5.41) is 8.99. The monoisotopic (exact) mass is 204 g/mol. The van der Waals surface area contributed by atoms with Gasteiger partial charge >= 0.3 is 0 Å². The Morgan fingerprint density at radius 3 is 2.79 bits per heavy atom. The minimum absolute atomic E-state index is 0.0269. The fourth-order valence-electron chi connectivity index (χ4n) is 1.31. The molecule has 4 heteroatoms. The Hall–Kier alpha value is -0.160. The number of aliphatic hydroxyl groups is 1. The van der Waals surface area contributed by atoms with Crippen LogP contribution < -0.4 is 0 Å². The summed E-state index contributed by atoms with van der Waals surface area (Å²) in [7, 11) is 0. The second kappa shape index (κ2) is 5.07. The molecule has 0 spiro atoms. The van der Waals surface area contributed by atoms with Crippen LogP contribution in [0, 0.1) is 0 Å². The lowest BCUT2D eigenvalue weighted by molar-refractivity contribution is -0.145. The average Bonchev–Trinajstić information content (AvgIpc) is 2.39. The third kappa shape index (κ3) is 4.37. The van der Waals surface area contributed by atoms with E-state index < -0.39 is 5.79 Å². The molecule has 2 atom stereocenters. The molecule has 0 saturated carbocycles. The van der Waals surface area contributed by atoms with Crippen molar-refractivity contribution in [3.8, 4) is 0 Å². The van der Waals surface area contributed by atoms with Crippen LogP contribution in [-0.4, -0.2) is 42.9 Å². The Kier molecular flexibility index (Phi) is 4.31. The van der Waals surface area contributed by atoms with E-state index in [2.05, 4.69) is 0 Å². The second-order valence-electron chi connectivity index (χ2n) is 4.16. The van der Waals surface area contributed by atoms with E-state index in [1.165, 1.54) is 0 Å². The molecular weight excluding hydrogens is 184 g/mol. The van der Waals surface area contributed by atoms with Crippen LogP contribution in [0.1, 0.15) is 27.2 Å². The molecule has 0 aromatic carbocycles. The van der Waals surface area contributed by atoms with Gasteiger partial charge in [-0.25, -0.2) is 0 Å². The van der Waals surface area contributed by atoms with Crippen LogP contribution in [0.3, 0.4) is 0 Å². The molecule has 1 unspecified atom stereocenters. The van der Waals surface area contributed by atoms with Gasteiger partial charge in [0.25, 0.3) is 0 Å². The van der Waals surface area contributed by atoms with Crippen LogP contribution >= 0.6 is 0 Å². The molecule has 1 saturated heterocycles. The zero-order chi connectivity index (χ0) is 10.6. The molecule has 1 rings (SSSR count). The van der Waals surface area contributed by atoms with E-state index in [1.54, 1.807) is 6.92 Å². The van der Waals surface area contributed by atoms with E-state index in [4.69, 9.17) is 19.3 Å². The zero-order valence-electron chi connectivity index (χ0n) is 9.16. The van der Waals surface area contributed by atoms with Crippen molar-refractivity contribution in [2.45, 2.75) is 45.2 Å². The van der Waals surface area contributed by atoms with Crippen LogP contribution in [0.5, 0.6) is 0 Å². The zero-order valence-corrected chi connectivity index (χ0v) is 9.16. The van der Waals surface area contributed by atoms with Gasteiger partial charge in [-0.15, -0.1) is 0 Å². The van der Waals surface area contributed by atoms with Gasteiger partial charge in [-0.2, -0.15) is 0 Å². The van der Waals surface area contributed by atoms with Crippen molar-refractivity contribution in [1.29, 1.82) is 0 Å². The summed E-state index contributed by atoms with van der Waals surface area (Å²) in [5.74, 6) is -0.474. The molecule has 0 aliphatic carbocycles. The summed E-state index contributed by atoms with van der Waals surface area (Å²) in [4.78, 5) is 0. The van der Waals surface area contributed by atoms with Crippen molar-refractivity contribution < 1.29 is 19.3 Å². The highest BCUT2D eigenvalue weighted by Crippen LogP contribution is 2.22. The third-order valence-electron chi connectivity index (χ3n) is 2.05. The van der Waals surface area contributed by atoms with E-state index in [0.717, 1.165) is 0 Å². The van der Waals surface area contributed by atoms with Crippen LogP contribution in [-0.2, 0) is 14.2 Å². The first-order valence-electron chi connectivity index (χ1n) is 5.07. The fraction of sp³-hybridized carbons (Fsp3) is 1.00. The highest BCUT2D eigenvalue weighted by molar-refractivity contribution is 4.70. The summed E-state index contributed by atoms with van der Waals surface area (Å²) in [6.07, 6.45) is 0.392. The van der Waals surface area contributed by atoms with Gasteiger partial charge in [-0.1, -0.05) is 0 Å². The summed E-state index contributed by atoms with van der Waals surface area (Å²) < 4.78 is 16.3. The predicted molar refractivity (Wildman–Crippen MR) is 52.0 cm³/mol. The summed E-state index contributed by atoms with van der Waals surface area (Å²) in [5.41, 5.74) is 0. The van der Waals surface area contributed by atoms with Gasteiger partial charge in [0.2, 0.25) is 0 Å². The van der Waals surface area contributed by atoms with Crippen LogP contribution in [0.25, 0.3) is 0 Å². The lowest BCUT2D eigenvalue weighted by Gasteiger charge is -2.17. The number of aliphatic hydroxyl groups excluding tert-OH is 1. The summed E-state index contributed by atoms with van der Waals surface area (Å²) in [6, 6.07) is 0. The summed E-state index contributed by atoms with van der Waals surface area (Å²) in [6.45, 7) is 7.23. The van der Waals surface area contributed by atoms with Gasteiger partial charge in [-0.3, -0.25) is 0 Å². The Labute approximate surface area is 85.2 Å².